The van der Waals surface area contributed by atoms with Crippen LogP contribution in [0.25, 0.3) is 0 Å². The van der Waals surface area contributed by atoms with Gasteiger partial charge in [0.15, 0.2) is 5.96 Å². The molecule has 3 N–H and O–H groups in total. The molecule has 1 heterocycles. The van der Waals surface area contributed by atoms with Gasteiger partial charge in [-0.1, -0.05) is 6.07 Å². The minimum atomic E-state index is -0.144. The van der Waals surface area contributed by atoms with Crippen molar-refractivity contribution >= 4 is 11.9 Å². The molecule has 0 bridgehead atoms. The van der Waals surface area contributed by atoms with E-state index >= 15 is 0 Å². The third-order valence-corrected chi connectivity index (χ3v) is 3.27. The number of benzene rings is 1. The summed E-state index contributed by atoms with van der Waals surface area (Å²) in [7, 11) is 3.26. The minimum Gasteiger partial charge on any atom is -0.497 e. The number of hydrogen-bond acceptors (Lipinski definition) is 4. The molecule has 1 aromatic carbocycles. The Morgan fingerprint density at radius 3 is 2.71 bits per heavy atom. The number of nitrogens with zero attached hydrogens (tertiary/aromatic N) is 1. The number of methoxy groups -OCH3 is 1. The summed E-state index contributed by atoms with van der Waals surface area (Å²) in [5.74, 6) is 1.98. The number of amides is 1. The Morgan fingerprint density at radius 1 is 1.17 bits per heavy atom. The van der Waals surface area contributed by atoms with Crippen LogP contribution in [0.4, 0.5) is 0 Å². The van der Waals surface area contributed by atoms with Crippen LogP contribution < -0.4 is 20.7 Å². The predicted molar refractivity (Wildman–Crippen MR) is 92.2 cm³/mol. The summed E-state index contributed by atoms with van der Waals surface area (Å²) in [6, 6.07) is 10.7. The zero-order valence-corrected chi connectivity index (χ0v) is 13.8. The Bertz CT molecular complexity index is 668. The Morgan fingerprint density at radius 2 is 2.00 bits per heavy atom. The van der Waals surface area contributed by atoms with E-state index in [9.17, 15) is 4.79 Å². The van der Waals surface area contributed by atoms with E-state index in [0.29, 0.717) is 36.9 Å². The summed E-state index contributed by atoms with van der Waals surface area (Å²) in [5.41, 5.74) is 0.565. The normalized spacial score (nSPS) is 11.0. The number of rotatable bonds is 7. The number of nitrogens with one attached hydrogen (secondary N) is 3. The van der Waals surface area contributed by atoms with E-state index < -0.39 is 0 Å². The Labute approximate surface area is 141 Å². The Kier molecular flexibility index (Phi) is 6.70. The van der Waals surface area contributed by atoms with Crippen molar-refractivity contribution in [3.05, 3.63) is 54.0 Å². The van der Waals surface area contributed by atoms with E-state index in [1.165, 1.54) is 0 Å². The fourth-order valence-electron chi connectivity index (χ4n) is 2.03. The summed E-state index contributed by atoms with van der Waals surface area (Å²) in [6.07, 6.45) is 1.63. The molecule has 0 aliphatic rings. The molecule has 0 saturated carbocycles. The van der Waals surface area contributed by atoms with E-state index in [4.69, 9.17) is 9.15 Å². The van der Waals surface area contributed by atoms with Gasteiger partial charge in [-0.2, -0.15) is 0 Å². The number of guanidine groups is 1. The van der Waals surface area contributed by atoms with Crippen molar-refractivity contribution in [1.82, 2.24) is 16.0 Å². The van der Waals surface area contributed by atoms with Crippen LogP contribution in [0.15, 0.2) is 52.1 Å². The molecule has 128 valence electrons. The fourth-order valence-corrected chi connectivity index (χ4v) is 2.03. The van der Waals surface area contributed by atoms with Crippen LogP contribution in [0.5, 0.6) is 5.75 Å². The average molecular weight is 330 g/mol. The van der Waals surface area contributed by atoms with Crippen molar-refractivity contribution in [2.45, 2.75) is 6.54 Å². The zero-order chi connectivity index (χ0) is 17.2. The van der Waals surface area contributed by atoms with Crippen molar-refractivity contribution < 1.29 is 13.9 Å². The molecule has 2 aromatic rings. The highest BCUT2D eigenvalue weighted by molar-refractivity contribution is 5.94. The fraction of sp³-hybridized carbons (Fsp3) is 0.294. The number of ether oxygens (including phenoxy) is 1. The van der Waals surface area contributed by atoms with Gasteiger partial charge in [-0.15, -0.1) is 0 Å². The van der Waals surface area contributed by atoms with E-state index in [2.05, 4.69) is 20.9 Å². The van der Waals surface area contributed by atoms with Crippen LogP contribution in [0.1, 0.15) is 16.1 Å². The Balaban J connectivity index is 1.70. The monoisotopic (exact) mass is 330 g/mol. The third kappa shape index (κ3) is 5.35. The molecule has 24 heavy (non-hydrogen) atoms. The van der Waals surface area contributed by atoms with Crippen LogP contribution in [-0.2, 0) is 6.54 Å². The number of carbonyl (C=O) groups is 1. The van der Waals surface area contributed by atoms with Gasteiger partial charge in [0, 0.05) is 25.7 Å². The minimum absolute atomic E-state index is 0.144. The van der Waals surface area contributed by atoms with Crippen molar-refractivity contribution in [2.24, 2.45) is 4.99 Å². The van der Waals surface area contributed by atoms with E-state index in [0.717, 1.165) is 5.76 Å². The van der Waals surface area contributed by atoms with E-state index in [-0.39, 0.29) is 5.91 Å². The van der Waals surface area contributed by atoms with Crippen LogP contribution in [-0.4, -0.2) is 39.1 Å². The van der Waals surface area contributed by atoms with Gasteiger partial charge in [-0.25, -0.2) is 0 Å². The number of carbonyl (C=O) groups excluding carboxylic acids is 1. The van der Waals surface area contributed by atoms with Gasteiger partial charge in [0.2, 0.25) is 0 Å². The lowest BCUT2D eigenvalue weighted by Gasteiger charge is -2.11. The molecule has 1 aromatic heterocycles. The van der Waals surface area contributed by atoms with Gasteiger partial charge >= 0.3 is 0 Å². The maximum atomic E-state index is 12.1. The zero-order valence-electron chi connectivity index (χ0n) is 13.8. The first-order valence-electron chi connectivity index (χ1n) is 7.62. The van der Waals surface area contributed by atoms with Crippen LogP contribution in [0.2, 0.25) is 0 Å². The molecule has 0 fully saturated rings. The smallest absolute Gasteiger partial charge is 0.251 e. The highest BCUT2D eigenvalue weighted by atomic mass is 16.5. The maximum absolute atomic E-state index is 12.1. The molecule has 7 heteroatoms. The summed E-state index contributed by atoms with van der Waals surface area (Å²) >= 11 is 0. The standard InChI is InChI=1S/C17H22N4O3/c1-18-17(21-12-15-7-4-10-24-15)20-9-8-19-16(22)13-5-3-6-14(11-13)23-2/h3-7,10-11H,8-9,12H2,1-2H3,(H,19,22)(H2,18,20,21). The molecular formula is C17H22N4O3. The second-order valence-electron chi connectivity index (χ2n) is 4.92. The largest absolute Gasteiger partial charge is 0.497 e. The molecule has 0 atom stereocenters. The van der Waals surface area contributed by atoms with E-state index in [1.807, 2.05) is 12.1 Å². The molecular weight excluding hydrogens is 308 g/mol. The van der Waals surface area contributed by atoms with Gasteiger partial charge in [-0.3, -0.25) is 9.79 Å². The van der Waals surface area contributed by atoms with Crippen LogP contribution in [0.3, 0.4) is 0 Å². The number of furan rings is 1. The molecule has 0 radical (unpaired) electrons. The highest BCUT2D eigenvalue weighted by Crippen LogP contribution is 2.12. The molecule has 0 unspecified atom stereocenters. The molecule has 0 spiro atoms. The van der Waals surface area contributed by atoms with Gasteiger partial charge in [0.1, 0.15) is 11.5 Å². The topological polar surface area (TPSA) is 87.9 Å². The second kappa shape index (κ2) is 9.24. The van der Waals surface area contributed by atoms with Crippen molar-refractivity contribution in [2.75, 3.05) is 27.2 Å². The van der Waals surface area contributed by atoms with Crippen LogP contribution >= 0.6 is 0 Å². The molecule has 0 aliphatic heterocycles. The third-order valence-electron chi connectivity index (χ3n) is 3.27. The summed E-state index contributed by atoms with van der Waals surface area (Å²) in [6.45, 7) is 1.56. The van der Waals surface area contributed by atoms with Crippen LogP contribution in [0, 0.1) is 0 Å². The maximum Gasteiger partial charge on any atom is 0.251 e. The van der Waals surface area contributed by atoms with Gasteiger partial charge in [0.05, 0.1) is 19.9 Å². The first-order chi connectivity index (χ1) is 11.7. The number of aliphatic imine (C=N–C) groups is 1. The SMILES string of the molecule is CN=C(NCCNC(=O)c1cccc(OC)c1)NCc1ccco1. The van der Waals surface area contributed by atoms with Crippen molar-refractivity contribution in [3.8, 4) is 5.75 Å². The lowest BCUT2D eigenvalue weighted by Crippen LogP contribution is -2.41. The lowest BCUT2D eigenvalue weighted by atomic mass is 10.2. The van der Waals surface area contributed by atoms with Gasteiger partial charge < -0.3 is 25.1 Å². The molecule has 0 aliphatic carbocycles. The quantitative estimate of drug-likeness (QED) is 0.406. The van der Waals surface area contributed by atoms with E-state index in [1.54, 1.807) is 44.7 Å². The molecule has 0 saturated heterocycles. The molecule has 2 rings (SSSR count). The first-order valence-corrected chi connectivity index (χ1v) is 7.62. The molecule has 1 amide bonds. The summed E-state index contributed by atoms with van der Waals surface area (Å²) < 4.78 is 10.4. The lowest BCUT2D eigenvalue weighted by molar-refractivity contribution is 0.0954. The predicted octanol–water partition coefficient (Wildman–Crippen LogP) is 1.38. The second-order valence-corrected chi connectivity index (χ2v) is 4.92. The van der Waals surface area contributed by atoms with Crippen molar-refractivity contribution in [1.29, 1.82) is 0 Å². The molecule has 7 nitrogen and oxygen atoms in total. The van der Waals surface area contributed by atoms with Gasteiger partial charge in [-0.05, 0) is 30.3 Å². The summed E-state index contributed by atoms with van der Waals surface area (Å²) in [5, 5.41) is 9.08. The average Bonchev–Trinajstić information content (AvgIpc) is 3.14. The highest BCUT2D eigenvalue weighted by Gasteiger charge is 2.06. The number of hydrogen-bond donors (Lipinski definition) is 3. The summed E-state index contributed by atoms with van der Waals surface area (Å²) in [4.78, 5) is 16.2. The first kappa shape index (κ1) is 17.4. The van der Waals surface area contributed by atoms with Crippen molar-refractivity contribution in [3.63, 3.8) is 0 Å². The Hall–Kier alpha value is -2.96. The van der Waals surface area contributed by atoms with Gasteiger partial charge in [0.25, 0.3) is 5.91 Å².